The predicted molar refractivity (Wildman–Crippen MR) is 123 cm³/mol. The van der Waals surface area contributed by atoms with Gasteiger partial charge in [-0.2, -0.15) is 0 Å². The number of guanidine groups is 1. The second-order valence-electron chi connectivity index (χ2n) is 7.85. The molecule has 2 unspecified atom stereocenters. The van der Waals surface area contributed by atoms with Gasteiger partial charge in [-0.05, 0) is 37.9 Å². The molecular formula is C23H39N5O2. The van der Waals surface area contributed by atoms with Gasteiger partial charge in [0.1, 0.15) is 6.54 Å². The number of nitrogens with zero attached hydrogens (tertiary/aromatic N) is 3. The summed E-state index contributed by atoms with van der Waals surface area (Å²) in [4.78, 5) is 20.6. The summed E-state index contributed by atoms with van der Waals surface area (Å²) in [6.45, 7) is 8.64. The highest BCUT2D eigenvalue weighted by Crippen LogP contribution is 2.19. The lowest BCUT2D eigenvalue weighted by Gasteiger charge is -2.31. The number of carbonyl (C=O) groups excluding carboxylic acids is 1. The van der Waals surface area contributed by atoms with Gasteiger partial charge in [-0.1, -0.05) is 44.2 Å². The Morgan fingerprint density at radius 2 is 1.90 bits per heavy atom. The average Bonchev–Trinajstić information content (AvgIpc) is 2.78. The topological polar surface area (TPSA) is 69.2 Å². The van der Waals surface area contributed by atoms with Crippen molar-refractivity contribution in [3.05, 3.63) is 35.9 Å². The van der Waals surface area contributed by atoms with Crippen LogP contribution in [-0.4, -0.2) is 81.2 Å². The summed E-state index contributed by atoms with van der Waals surface area (Å²) in [6, 6.07) is 10.8. The molecule has 2 N–H and O–H groups in total. The molecule has 1 heterocycles. The van der Waals surface area contributed by atoms with Crippen LogP contribution in [0.5, 0.6) is 0 Å². The maximum atomic E-state index is 12.0. The van der Waals surface area contributed by atoms with E-state index in [1.165, 1.54) is 12.0 Å². The first-order valence-electron chi connectivity index (χ1n) is 11.2. The van der Waals surface area contributed by atoms with Crippen LogP contribution in [0.15, 0.2) is 35.3 Å². The number of amides is 1. The third-order valence-corrected chi connectivity index (χ3v) is 5.54. The number of hydrogen-bond acceptors (Lipinski definition) is 4. The van der Waals surface area contributed by atoms with Crippen molar-refractivity contribution in [2.45, 2.75) is 45.3 Å². The molecule has 1 aliphatic heterocycles. The molecule has 0 radical (unpaired) electrons. The Bertz CT molecular complexity index is 640. The third kappa shape index (κ3) is 7.95. The van der Waals surface area contributed by atoms with Crippen LogP contribution >= 0.6 is 0 Å². The summed E-state index contributed by atoms with van der Waals surface area (Å²) in [5.41, 5.74) is 1.27. The first kappa shape index (κ1) is 24.2. The van der Waals surface area contributed by atoms with Gasteiger partial charge in [0.05, 0.1) is 12.1 Å². The monoisotopic (exact) mass is 417 g/mol. The van der Waals surface area contributed by atoms with Gasteiger partial charge in [-0.25, -0.2) is 4.99 Å². The number of rotatable bonds is 10. The molecule has 30 heavy (non-hydrogen) atoms. The molecule has 0 saturated carbocycles. The molecule has 1 aromatic carbocycles. The van der Waals surface area contributed by atoms with Gasteiger partial charge < -0.3 is 20.3 Å². The van der Waals surface area contributed by atoms with E-state index < -0.39 is 0 Å². The van der Waals surface area contributed by atoms with E-state index in [0.717, 1.165) is 32.5 Å². The third-order valence-electron chi connectivity index (χ3n) is 5.54. The quantitative estimate of drug-likeness (QED) is 0.451. The minimum absolute atomic E-state index is 0.0200. The van der Waals surface area contributed by atoms with Gasteiger partial charge in [-0.15, -0.1) is 0 Å². The van der Waals surface area contributed by atoms with E-state index in [2.05, 4.69) is 58.6 Å². The smallest absolute Gasteiger partial charge is 0.243 e. The van der Waals surface area contributed by atoms with Gasteiger partial charge in [0, 0.05) is 33.8 Å². The van der Waals surface area contributed by atoms with E-state index >= 15 is 0 Å². The molecule has 1 amide bonds. The van der Waals surface area contributed by atoms with Crippen LogP contribution < -0.4 is 10.6 Å². The molecule has 168 valence electrons. The van der Waals surface area contributed by atoms with E-state index in [4.69, 9.17) is 4.74 Å². The van der Waals surface area contributed by atoms with Crippen LogP contribution in [0.4, 0.5) is 0 Å². The number of hydrogen-bond donors (Lipinski definition) is 2. The predicted octanol–water partition coefficient (Wildman–Crippen LogP) is 2.26. The Morgan fingerprint density at radius 3 is 2.50 bits per heavy atom. The summed E-state index contributed by atoms with van der Waals surface area (Å²) in [6.07, 6.45) is 3.59. The van der Waals surface area contributed by atoms with Crippen molar-refractivity contribution >= 4 is 11.9 Å². The molecule has 0 bridgehead atoms. The highest BCUT2D eigenvalue weighted by molar-refractivity contribution is 5.84. The Kier molecular flexibility index (Phi) is 10.7. The molecule has 7 heteroatoms. The van der Waals surface area contributed by atoms with Crippen LogP contribution in [0.25, 0.3) is 0 Å². The van der Waals surface area contributed by atoms with E-state index in [9.17, 15) is 4.79 Å². The Morgan fingerprint density at radius 1 is 1.17 bits per heavy atom. The molecule has 1 aliphatic rings. The van der Waals surface area contributed by atoms with Gasteiger partial charge in [0.25, 0.3) is 0 Å². The van der Waals surface area contributed by atoms with Crippen molar-refractivity contribution < 1.29 is 9.53 Å². The number of nitrogens with one attached hydrogen (secondary N) is 2. The Labute approximate surface area is 181 Å². The summed E-state index contributed by atoms with van der Waals surface area (Å²) in [7, 11) is 3.50. The second kappa shape index (κ2) is 13.2. The Hall–Kier alpha value is -2.12. The number of aliphatic imine (C=N–C) groups is 1. The molecule has 1 saturated heterocycles. The van der Waals surface area contributed by atoms with Crippen molar-refractivity contribution in [2.24, 2.45) is 4.99 Å². The van der Waals surface area contributed by atoms with Gasteiger partial charge in [0.2, 0.25) is 5.91 Å². The Balaban J connectivity index is 2.06. The summed E-state index contributed by atoms with van der Waals surface area (Å²) >= 11 is 0. The van der Waals surface area contributed by atoms with E-state index in [-0.39, 0.29) is 24.6 Å². The molecule has 7 nitrogen and oxygen atoms in total. The second-order valence-corrected chi connectivity index (χ2v) is 7.85. The van der Waals surface area contributed by atoms with Crippen LogP contribution in [-0.2, 0) is 9.53 Å². The van der Waals surface area contributed by atoms with E-state index in [0.29, 0.717) is 19.0 Å². The van der Waals surface area contributed by atoms with Crippen molar-refractivity contribution in [1.29, 1.82) is 0 Å². The molecule has 0 spiro atoms. The van der Waals surface area contributed by atoms with Gasteiger partial charge in [0.15, 0.2) is 5.96 Å². The molecule has 1 aromatic rings. The zero-order valence-electron chi connectivity index (χ0n) is 19.1. The lowest BCUT2D eigenvalue weighted by molar-refractivity contribution is -0.127. The minimum atomic E-state index is -0.0200. The van der Waals surface area contributed by atoms with E-state index in [1.807, 2.05) is 6.07 Å². The lowest BCUT2D eigenvalue weighted by atomic mass is 10.1. The molecule has 2 atom stereocenters. The first-order valence-corrected chi connectivity index (χ1v) is 11.2. The number of benzene rings is 1. The van der Waals surface area contributed by atoms with Crippen LogP contribution in [0.2, 0.25) is 0 Å². The van der Waals surface area contributed by atoms with Crippen molar-refractivity contribution in [1.82, 2.24) is 20.4 Å². The van der Waals surface area contributed by atoms with Gasteiger partial charge in [-0.3, -0.25) is 9.69 Å². The minimum Gasteiger partial charge on any atom is -0.376 e. The zero-order chi connectivity index (χ0) is 21.8. The first-order chi connectivity index (χ1) is 14.5. The fourth-order valence-electron chi connectivity index (χ4n) is 3.63. The number of likely N-dealkylation sites (N-methyl/N-ethyl adjacent to an activating group) is 2. The van der Waals surface area contributed by atoms with Crippen molar-refractivity contribution in [3.63, 3.8) is 0 Å². The van der Waals surface area contributed by atoms with Crippen molar-refractivity contribution in [2.75, 3.05) is 53.4 Å². The highest BCUT2D eigenvalue weighted by atomic mass is 16.5. The number of ether oxygens (including phenoxy) is 1. The van der Waals surface area contributed by atoms with E-state index in [1.54, 1.807) is 19.0 Å². The normalized spacial score (nSPS) is 18.2. The maximum Gasteiger partial charge on any atom is 0.243 e. The highest BCUT2D eigenvalue weighted by Gasteiger charge is 2.19. The summed E-state index contributed by atoms with van der Waals surface area (Å²) in [5, 5.41) is 6.86. The zero-order valence-corrected chi connectivity index (χ0v) is 19.1. The van der Waals surface area contributed by atoms with Crippen LogP contribution in [0.3, 0.4) is 0 Å². The summed E-state index contributed by atoms with van der Waals surface area (Å²) < 4.78 is 5.83. The summed E-state index contributed by atoms with van der Waals surface area (Å²) in [5.74, 6) is 0.640. The molecular weight excluding hydrogens is 378 g/mol. The van der Waals surface area contributed by atoms with Gasteiger partial charge >= 0.3 is 0 Å². The fourth-order valence-corrected chi connectivity index (χ4v) is 3.63. The number of carbonyl (C=O) groups is 1. The van der Waals surface area contributed by atoms with Crippen LogP contribution in [0.1, 0.15) is 44.7 Å². The standard InChI is InChI=1S/C23H39N5O2/c1-5-28(6-2)21(19-12-8-7-9-13-19)17-25-23(26-18-22(29)27(3)4)24-16-20-14-10-11-15-30-20/h7-9,12-13,20-21H,5-6,10-11,14-18H2,1-4H3,(H2,24,25,26). The maximum absolute atomic E-state index is 12.0. The lowest BCUT2D eigenvalue weighted by Crippen LogP contribution is -2.46. The molecule has 0 aromatic heterocycles. The molecule has 0 aliphatic carbocycles. The SMILES string of the molecule is CCN(CC)C(CNC(=NCC(=O)N(C)C)NCC1CCCCO1)c1ccccc1. The molecule has 1 fully saturated rings. The molecule has 2 rings (SSSR count). The van der Waals surface area contributed by atoms with Crippen LogP contribution in [0, 0.1) is 0 Å². The largest absolute Gasteiger partial charge is 0.376 e. The fraction of sp³-hybridized carbons (Fsp3) is 0.652. The van der Waals surface area contributed by atoms with Crippen molar-refractivity contribution in [3.8, 4) is 0 Å². The average molecular weight is 418 g/mol.